The Labute approximate surface area is 76.4 Å². The van der Waals surface area contributed by atoms with E-state index in [0.29, 0.717) is 5.75 Å². The Bertz CT molecular complexity index is 222. The molecule has 1 rings (SSSR count). The standard InChI is InChI=1S/C6H5IO2S/c7-5-1-3-6(4-2-5)9-10-8/h1-4,10H. The number of hydrogen-bond donors (Lipinski definition) is 1. The lowest BCUT2D eigenvalue weighted by molar-refractivity contribution is 0.581. The first-order valence-corrected chi connectivity index (χ1v) is 4.39. The third-order valence-electron chi connectivity index (χ3n) is 0.956. The lowest BCUT2D eigenvalue weighted by atomic mass is 10.3. The average Bonchev–Trinajstić information content (AvgIpc) is 1.95. The molecule has 10 heavy (non-hydrogen) atoms. The van der Waals surface area contributed by atoms with Crippen LogP contribution in [0.1, 0.15) is 0 Å². The highest BCUT2D eigenvalue weighted by Gasteiger charge is 1.89. The van der Waals surface area contributed by atoms with Gasteiger partial charge in [-0.05, 0) is 46.9 Å². The average molecular weight is 268 g/mol. The molecule has 0 unspecified atom stereocenters. The molecule has 0 bridgehead atoms. The highest BCUT2D eigenvalue weighted by Crippen LogP contribution is 2.12. The van der Waals surface area contributed by atoms with Gasteiger partial charge in [-0.25, -0.2) is 4.21 Å². The van der Waals surface area contributed by atoms with E-state index in [2.05, 4.69) is 26.8 Å². The van der Waals surface area contributed by atoms with Crippen LogP contribution in [0.3, 0.4) is 0 Å². The first-order chi connectivity index (χ1) is 4.83. The molecule has 0 amide bonds. The molecular formula is C6H5IO2S. The quantitative estimate of drug-likeness (QED) is 0.650. The van der Waals surface area contributed by atoms with Crippen molar-refractivity contribution < 1.29 is 8.39 Å². The van der Waals surface area contributed by atoms with Crippen molar-refractivity contribution in [1.29, 1.82) is 0 Å². The molecule has 0 N–H and O–H groups in total. The van der Waals surface area contributed by atoms with E-state index >= 15 is 0 Å². The fourth-order valence-corrected chi connectivity index (χ4v) is 1.11. The molecule has 0 heterocycles. The van der Waals surface area contributed by atoms with Gasteiger partial charge in [-0.3, -0.25) is 0 Å². The van der Waals surface area contributed by atoms with Crippen LogP contribution in [-0.2, 0) is 11.9 Å². The van der Waals surface area contributed by atoms with Crippen molar-refractivity contribution in [2.75, 3.05) is 0 Å². The fourth-order valence-electron chi connectivity index (χ4n) is 0.538. The van der Waals surface area contributed by atoms with E-state index in [9.17, 15) is 4.21 Å². The maximum atomic E-state index is 9.93. The molecule has 0 radical (unpaired) electrons. The SMILES string of the molecule is O=[SH]Oc1ccc(I)cc1. The normalized spacial score (nSPS) is 9.30. The Morgan fingerprint density at radius 2 is 1.90 bits per heavy atom. The minimum Gasteiger partial charge on any atom is -0.403 e. The summed E-state index contributed by atoms with van der Waals surface area (Å²) in [6.45, 7) is 0. The van der Waals surface area contributed by atoms with Crippen LogP contribution < -0.4 is 4.18 Å². The van der Waals surface area contributed by atoms with Crippen LogP contribution in [0.2, 0.25) is 0 Å². The third kappa shape index (κ3) is 2.26. The van der Waals surface area contributed by atoms with Crippen molar-refractivity contribution in [1.82, 2.24) is 0 Å². The molecule has 0 atom stereocenters. The van der Waals surface area contributed by atoms with Crippen LogP contribution in [0.25, 0.3) is 0 Å². The van der Waals surface area contributed by atoms with Crippen LogP contribution in [0.15, 0.2) is 24.3 Å². The van der Waals surface area contributed by atoms with Crippen LogP contribution in [0.5, 0.6) is 5.75 Å². The molecule has 0 spiro atoms. The second-order valence-corrected chi connectivity index (χ2v) is 3.20. The summed E-state index contributed by atoms with van der Waals surface area (Å²) < 4.78 is 15.7. The second-order valence-electron chi connectivity index (χ2n) is 1.62. The summed E-state index contributed by atoms with van der Waals surface area (Å²) >= 11 is 1.88. The number of benzene rings is 1. The zero-order valence-corrected chi connectivity index (χ0v) is 8.00. The van der Waals surface area contributed by atoms with Gasteiger partial charge in [-0.2, -0.15) is 0 Å². The molecule has 0 aliphatic heterocycles. The Morgan fingerprint density at radius 1 is 1.30 bits per heavy atom. The summed E-state index contributed by atoms with van der Waals surface area (Å²) in [5.74, 6) is 0.622. The summed E-state index contributed by atoms with van der Waals surface area (Å²) in [6.07, 6.45) is 0. The van der Waals surface area contributed by atoms with Gasteiger partial charge in [0.05, 0.1) is 0 Å². The third-order valence-corrected chi connectivity index (χ3v) is 1.96. The van der Waals surface area contributed by atoms with Crippen molar-refractivity contribution in [3.8, 4) is 5.75 Å². The highest BCUT2D eigenvalue weighted by atomic mass is 127. The van der Waals surface area contributed by atoms with Gasteiger partial charge in [0, 0.05) is 3.57 Å². The van der Waals surface area contributed by atoms with Crippen molar-refractivity contribution >= 4 is 34.5 Å². The maximum Gasteiger partial charge on any atom is 0.193 e. The fraction of sp³-hybridized carbons (Fsp3) is 0. The monoisotopic (exact) mass is 268 g/mol. The molecule has 54 valence electrons. The van der Waals surface area contributed by atoms with Crippen molar-refractivity contribution in [3.05, 3.63) is 27.8 Å². The van der Waals surface area contributed by atoms with Crippen LogP contribution in [0, 0.1) is 3.57 Å². The molecule has 0 aliphatic carbocycles. The van der Waals surface area contributed by atoms with Crippen molar-refractivity contribution in [3.63, 3.8) is 0 Å². The number of hydrogen-bond acceptors (Lipinski definition) is 2. The highest BCUT2D eigenvalue weighted by molar-refractivity contribution is 14.1. The minimum atomic E-state index is -0.306. The zero-order valence-electron chi connectivity index (χ0n) is 4.95. The first kappa shape index (κ1) is 8.00. The van der Waals surface area contributed by atoms with Gasteiger partial charge in [0.1, 0.15) is 5.75 Å². The van der Waals surface area contributed by atoms with E-state index in [-0.39, 0.29) is 11.9 Å². The molecule has 0 saturated heterocycles. The zero-order chi connectivity index (χ0) is 7.40. The van der Waals surface area contributed by atoms with Crippen LogP contribution in [0.4, 0.5) is 0 Å². The molecule has 1 aromatic rings. The van der Waals surface area contributed by atoms with Crippen molar-refractivity contribution in [2.45, 2.75) is 0 Å². The molecule has 0 aliphatic rings. The summed E-state index contributed by atoms with van der Waals surface area (Å²) in [5, 5.41) is 0. The minimum absolute atomic E-state index is 0.306. The molecule has 0 saturated carbocycles. The molecule has 0 fully saturated rings. The number of thiol groups is 1. The Hall–Kier alpha value is -0.100. The summed E-state index contributed by atoms with van der Waals surface area (Å²) in [4.78, 5) is 0. The van der Waals surface area contributed by atoms with Gasteiger partial charge in [0.15, 0.2) is 11.9 Å². The molecule has 1 aromatic carbocycles. The van der Waals surface area contributed by atoms with Crippen LogP contribution >= 0.6 is 22.6 Å². The summed E-state index contributed by atoms with van der Waals surface area (Å²) in [7, 11) is 0. The summed E-state index contributed by atoms with van der Waals surface area (Å²) in [6, 6.07) is 7.32. The molecule has 4 heteroatoms. The van der Waals surface area contributed by atoms with Gasteiger partial charge in [-0.15, -0.1) is 0 Å². The van der Waals surface area contributed by atoms with Gasteiger partial charge in [0.25, 0.3) is 0 Å². The Kier molecular flexibility index (Phi) is 3.14. The topological polar surface area (TPSA) is 26.3 Å². The number of rotatable bonds is 2. The first-order valence-electron chi connectivity index (χ1n) is 2.58. The second kappa shape index (κ2) is 3.92. The predicted octanol–water partition coefficient (Wildman–Crippen LogP) is 1.53. The molecule has 2 nitrogen and oxygen atoms in total. The van der Waals surface area contributed by atoms with E-state index in [1.54, 1.807) is 12.1 Å². The largest absolute Gasteiger partial charge is 0.403 e. The summed E-state index contributed by atoms with van der Waals surface area (Å²) in [5.41, 5.74) is 0. The van der Waals surface area contributed by atoms with E-state index in [1.165, 1.54) is 0 Å². The molecule has 0 aromatic heterocycles. The lowest BCUT2D eigenvalue weighted by Gasteiger charge is -1.94. The molecular weight excluding hydrogens is 263 g/mol. The van der Waals surface area contributed by atoms with Gasteiger partial charge >= 0.3 is 0 Å². The Morgan fingerprint density at radius 3 is 2.40 bits per heavy atom. The predicted molar refractivity (Wildman–Crippen MR) is 49.3 cm³/mol. The number of halogens is 1. The van der Waals surface area contributed by atoms with Gasteiger partial charge < -0.3 is 4.18 Å². The van der Waals surface area contributed by atoms with E-state index < -0.39 is 0 Å². The van der Waals surface area contributed by atoms with Crippen LogP contribution in [-0.4, -0.2) is 4.21 Å². The van der Waals surface area contributed by atoms with Crippen molar-refractivity contribution in [2.24, 2.45) is 0 Å². The van der Waals surface area contributed by atoms with Gasteiger partial charge in [-0.1, -0.05) is 0 Å². The van der Waals surface area contributed by atoms with E-state index in [0.717, 1.165) is 3.57 Å². The Balaban J connectivity index is 2.78. The van der Waals surface area contributed by atoms with E-state index in [4.69, 9.17) is 0 Å². The maximum absolute atomic E-state index is 9.93. The lowest BCUT2D eigenvalue weighted by Crippen LogP contribution is -1.82. The smallest absolute Gasteiger partial charge is 0.193 e. The van der Waals surface area contributed by atoms with Gasteiger partial charge in [0.2, 0.25) is 0 Å². The van der Waals surface area contributed by atoms with E-state index in [1.807, 2.05) is 12.1 Å².